The van der Waals surface area contributed by atoms with E-state index < -0.39 is 9.70 Å². The van der Waals surface area contributed by atoms with Crippen LogP contribution in [-0.2, 0) is 4.79 Å². The average Bonchev–Trinajstić information content (AvgIpc) is 2.81. The second-order valence-corrected chi connectivity index (χ2v) is 6.97. The molecule has 1 aromatic carbocycles. The Kier molecular flexibility index (Phi) is 4.72. The minimum atomic E-state index is -2.00. The fourth-order valence-corrected chi connectivity index (χ4v) is 2.51. The van der Waals surface area contributed by atoms with E-state index in [0.717, 1.165) is 31.6 Å². The maximum Gasteiger partial charge on any atom is 0.276 e. The third-order valence-corrected chi connectivity index (χ3v) is 3.73. The summed E-state index contributed by atoms with van der Waals surface area (Å²) < 4.78 is -2.00. The van der Waals surface area contributed by atoms with Crippen molar-refractivity contribution < 1.29 is 4.79 Å². The predicted octanol–water partition coefficient (Wildman–Crippen LogP) is 4.25. The van der Waals surface area contributed by atoms with Crippen LogP contribution in [0.15, 0.2) is 18.2 Å². The molecule has 0 aromatic heterocycles. The highest BCUT2D eigenvalue weighted by Gasteiger charge is 2.31. The fourth-order valence-electron chi connectivity index (χ4n) is 2.07. The molecule has 1 aromatic rings. The van der Waals surface area contributed by atoms with E-state index in [1.807, 2.05) is 0 Å². The quantitative estimate of drug-likeness (QED) is 0.815. The standard InChI is InChI=1S/C12H12Cl4N2O/c13-8-4-3-5-9(17-11(19)12(14,15)16)10(8)18-6-1-2-7-18/h3-5H,1-2,6-7H2,(H,17,19). The second-order valence-electron chi connectivity index (χ2n) is 4.28. The molecule has 0 unspecified atom stereocenters. The first-order valence-electron chi connectivity index (χ1n) is 5.81. The van der Waals surface area contributed by atoms with Crippen LogP contribution in [0.25, 0.3) is 0 Å². The summed E-state index contributed by atoms with van der Waals surface area (Å²) in [4.78, 5) is 13.9. The lowest BCUT2D eigenvalue weighted by Gasteiger charge is -2.23. The Morgan fingerprint density at radius 2 is 1.84 bits per heavy atom. The number of hydrogen-bond acceptors (Lipinski definition) is 2. The zero-order chi connectivity index (χ0) is 14.0. The maximum atomic E-state index is 11.7. The van der Waals surface area contributed by atoms with Crippen LogP contribution in [0.4, 0.5) is 11.4 Å². The van der Waals surface area contributed by atoms with E-state index in [0.29, 0.717) is 10.7 Å². The number of amides is 1. The van der Waals surface area contributed by atoms with Gasteiger partial charge in [0, 0.05) is 13.1 Å². The van der Waals surface area contributed by atoms with E-state index in [9.17, 15) is 4.79 Å². The Bertz CT molecular complexity index is 481. The minimum absolute atomic E-state index is 0.561. The highest BCUT2D eigenvalue weighted by molar-refractivity contribution is 6.76. The van der Waals surface area contributed by atoms with Crippen LogP contribution in [0.1, 0.15) is 12.8 Å². The Morgan fingerprint density at radius 1 is 1.21 bits per heavy atom. The second kappa shape index (κ2) is 5.96. The number of hydrogen-bond donors (Lipinski definition) is 1. The summed E-state index contributed by atoms with van der Waals surface area (Å²) in [6.45, 7) is 1.81. The summed E-state index contributed by atoms with van der Waals surface area (Å²) in [5, 5.41) is 3.18. The number of carbonyl (C=O) groups is 1. The third-order valence-electron chi connectivity index (χ3n) is 2.91. The molecule has 1 N–H and O–H groups in total. The summed E-state index contributed by atoms with van der Waals surface area (Å²) in [5.74, 6) is -0.694. The van der Waals surface area contributed by atoms with Crippen LogP contribution in [0.2, 0.25) is 5.02 Å². The molecule has 3 nitrogen and oxygen atoms in total. The van der Waals surface area contributed by atoms with Gasteiger partial charge in [-0.05, 0) is 25.0 Å². The molecule has 1 aliphatic rings. The number of rotatable bonds is 2. The van der Waals surface area contributed by atoms with Crippen LogP contribution >= 0.6 is 46.4 Å². The molecule has 0 bridgehead atoms. The van der Waals surface area contributed by atoms with Gasteiger partial charge in [0.05, 0.1) is 16.4 Å². The topological polar surface area (TPSA) is 32.3 Å². The molecular weight excluding hydrogens is 330 g/mol. The zero-order valence-corrected chi connectivity index (χ0v) is 13.0. The fraction of sp³-hybridized carbons (Fsp3) is 0.417. The lowest BCUT2D eigenvalue weighted by molar-refractivity contribution is -0.115. The average molecular weight is 342 g/mol. The normalized spacial score (nSPS) is 15.7. The number of nitrogens with zero attached hydrogens (tertiary/aromatic N) is 1. The largest absolute Gasteiger partial charge is 0.369 e. The molecular formula is C12H12Cl4N2O. The number of carbonyl (C=O) groups excluding carboxylic acids is 1. The first-order valence-corrected chi connectivity index (χ1v) is 7.32. The summed E-state index contributed by atoms with van der Waals surface area (Å²) in [7, 11) is 0. The van der Waals surface area contributed by atoms with Gasteiger partial charge in [0.25, 0.3) is 9.70 Å². The van der Waals surface area contributed by atoms with Crippen molar-refractivity contribution in [3.63, 3.8) is 0 Å². The Hall–Kier alpha value is -0.350. The van der Waals surface area contributed by atoms with Crippen LogP contribution in [0.3, 0.4) is 0 Å². The molecule has 7 heteroatoms. The summed E-state index contributed by atoms with van der Waals surface area (Å²) in [6.07, 6.45) is 2.20. The minimum Gasteiger partial charge on any atom is -0.369 e. The smallest absolute Gasteiger partial charge is 0.276 e. The van der Waals surface area contributed by atoms with Crippen molar-refractivity contribution in [3.05, 3.63) is 23.2 Å². The van der Waals surface area contributed by atoms with Gasteiger partial charge < -0.3 is 10.2 Å². The van der Waals surface area contributed by atoms with Crippen molar-refractivity contribution in [1.29, 1.82) is 0 Å². The molecule has 0 atom stereocenters. The van der Waals surface area contributed by atoms with Crippen molar-refractivity contribution in [2.24, 2.45) is 0 Å². The summed E-state index contributed by atoms with van der Waals surface area (Å²) in [6, 6.07) is 5.27. The monoisotopic (exact) mass is 340 g/mol. The van der Waals surface area contributed by atoms with Crippen LogP contribution in [0, 0.1) is 0 Å². The Balaban J connectivity index is 2.30. The van der Waals surface area contributed by atoms with Crippen molar-refractivity contribution in [2.45, 2.75) is 16.6 Å². The summed E-state index contributed by atoms with van der Waals surface area (Å²) in [5.41, 5.74) is 1.34. The van der Waals surface area contributed by atoms with Crippen LogP contribution < -0.4 is 10.2 Å². The van der Waals surface area contributed by atoms with Crippen molar-refractivity contribution in [3.8, 4) is 0 Å². The third kappa shape index (κ3) is 3.60. The first-order chi connectivity index (χ1) is 8.89. The van der Waals surface area contributed by atoms with Gasteiger partial charge in [-0.25, -0.2) is 0 Å². The number of nitrogens with one attached hydrogen (secondary N) is 1. The molecule has 1 fully saturated rings. The molecule has 19 heavy (non-hydrogen) atoms. The number of para-hydroxylation sites is 1. The first kappa shape index (κ1) is 15.0. The van der Waals surface area contributed by atoms with Gasteiger partial charge in [0.15, 0.2) is 0 Å². The van der Waals surface area contributed by atoms with Gasteiger partial charge in [-0.15, -0.1) is 0 Å². The number of anilines is 2. The van der Waals surface area contributed by atoms with Crippen molar-refractivity contribution >= 4 is 63.7 Å². The molecule has 104 valence electrons. The molecule has 1 saturated heterocycles. The van der Waals surface area contributed by atoms with Gasteiger partial charge >= 0.3 is 0 Å². The van der Waals surface area contributed by atoms with Gasteiger partial charge in [-0.1, -0.05) is 52.5 Å². The number of halogens is 4. The van der Waals surface area contributed by atoms with Crippen LogP contribution in [0.5, 0.6) is 0 Å². The van der Waals surface area contributed by atoms with E-state index in [2.05, 4.69) is 10.2 Å². The lowest BCUT2D eigenvalue weighted by atomic mass is 10.2. The molecule has 0 aliphatic carbocycles. The van der Waals surface area contributed by atoms with Gasteiger partial charge in [0.1, 0.15) is 0 Å². The van der Waals surface area contributed by atoms with Gasteiger partial charge in [0.2, 0.25) is 0 Å². The van der Waals surface area contributed by atoms with E-state index in [4.69, 9.17) is 46.4 Å². The van der Waals surface area contributed by atoms with Crippen LogP contribution in [-0.4, -0.2) is 22.8 Å². The molecule has 0 radical (unpaired) electrons. The molecule has 1 amide bonds. The Labute approximate surface area is 131 Å². The highest BCUT2D eigenvalue weighted by Crippen LogP contribution is 2.37. The Morgan fingerprint density at radius 3 is 2.42 bits per heavy atom. The maximum absolute atomic E-state index is 11.7. The van der Waals surface area contributed by atoms with E-state index in [1.54, 1.807) is 18.2 Å². The zero-order valence-electron chi connectivity index (χ0n) is 9.93. The van der Waals surface area contributed by atoms with E-state index in [-0.39, 0.29) is 0 Å². The van der Waals surface area contributed by atoms with E-state index in [1.165, 1.54) is 0 Å². The highest BCUT2D eigenvalue weighted by atomic mass is 35.6. The molecule has 0 spiro atoms. The molecule has 0 saturated carbocycles. The molecule has 2 rings (SSSR count). The molecule has 1 aliphatic heterocycles. The SMILES string of the molecule is O=C(Nc1cccc(Cl)c1N1CCCC1)C(Cl)(Cl)Cl. The predicted molar refractivity (Wildman–Crippen MR) is 81.8 cm³/mol. The number of benzene rings is 1. The molecule has 1 heterocycles. The van der Waals surface area contributed by atoms with Gasteiger partial charge in [-0.3, -0.25) is 4.79 Å². The lowest BCUT2D eigenvalue weighted by Crippen LogP contribution is -2.28. The van der Waals surface area contributed by atoms with Crippen molar-refractivity contribution in [1.82, 2.24) is 0 Å². The van der Waals surface area contributed by atoms with Crippen molar-refractivity contribution in [2.75, 3.05) is 23.3 Å². The number of alkyl halides is 3. The van der Waals surface area contributed by atoms with E-state index >= 15 is 0 Å². The van der Waals surface area contributed by atoms with Gasteiger partial charge in [-0.2, -0.15) is 0 Å². The summed E-state index contributed by atoms with van der Waals surface area (Å²) >= 11 is 22.9.